The number of methoxy groups -OCH3 is 1. The lowest BCUT2D eigenvalue weighted by atomic mass is 9.85. The Hall–Kier alpha value is -3.28. The molecule has 1 atom stereocenters. The van der Waals surface area contributed by atoms with Crippen LogP contribution < -0.4 is 9.64 Å². The molecule has 0 bridgehead atoms. The molecule has 1 fully saturated rings. The quantitative estimate of drug-likeness (QED) is 0.222. The topological polar surface area (TPSA) is 66.8 Å². The molecular weight excluding hydrogens is 497 g/mol. The molecule has 36 heavy (non-hydrogen) atoms. The number of nitrogens with zero attached hydrogens (tertiary/aromatic N) is 1. The summed E-state index contributed by atoms with van der Waals surface area (Å²) >= 11 is 12.7. The Bertz CT molecular complexity index is 1390. The first-order chi connectivity index (χ1) is 17.0. The normalized spacial score (nSPS) is 17.5. The summed E-state index contributed by atoms with van der Waals surface area (Å²) in [4.78, 5) is 28.3. The summed E-state index contributed by atoms with van der Waals surface area (Å²) in [5, 5.41) is 12.1. The number of hydrogen-bond acceptors (Lipinski definition) is 4. The number of amides is 1. The predicted octanol–water partition coefficient (Wildman–Crippen LogP) is 7.23. The number of aliphatic hydroxyl groups excluding tert-OH is 1. The van der Waals surface area contributed by atoms with E-state index in [1.807, 2.05) is 24.3 Å². The average molecular weight is 524 g/mol. The smallest absolute Gasteiger partial charge is 0.300 e. The lowest BCUT2D eigenvalue weighted by Crippen LogP contribution is -2.30. The zero-order valence-electron chi connectivity index (χ0n) is 20.7. The summed E-state index contributed by atoms with van der Waals surface area (Å²) in [5.41, 5.74) is 3.14. The van der Waals surface area contributed by atoms with Gasteiger partial charge < -0.3 is 9.84 Å². The van der Waals surface area contributed by atoms with Crippen molar-refractivity contribution >= 4 is 46.3 Å². The lowest BCUT2D eigenvalue weighted by molar-refractivity contribution is -0.132. The minimum absolute atomic E-state index is 0.0240. The van der Waals surface area contributed by atoms with Gasteiger partial charge >= 0.3 is 0 Å². The molecule has 1 aliphatic heterocycles. The second-order valence-corrected chi connectivity index (χ2v) is 10.6. The van der Waals surface area contributed by atoms with Crippen molar-refractivity contribution < 1.29 is 19.4 Å². The maximum absolute atomic E-state index is 13.4. The Morgan fingerprint density at radius 2 is 1.64 bits per heavy atom. The van der Waals surface area contributed by atoms with Crippen molar-refractivity contribution in [3.63, 3.8) is 0 Å². The Morgan fingerprint density at radius 1 is 0.972 bits per heavy atom. The van der Waals surface area contributed by atoms with Crippen LogP contribution in [0.5, 0.6) is 5.75 Å². The number of carbonyl (C=O) groups is 2. The number of ether oxygens (including phenoxy) is 1. The number of aliphatic hydroxyl groups is 1. The van der Waals surface area contributed by atoms with Gasteiger partial charge in [-0.3, -0.25) is 14.5 Å². The lowest BCUT2D eigenvalue weighted by Gasteiger charge is -2.28. The maximum Gasteiger partial charge on any atom is 0.300 e. The molecule has 0 radical (unpaired) electrons. The van der Waals surface area contributed by atoms with Crippen LogP contribution in [0.25, 0.3) is 5.76 Å². The van der Waals surface area contributed by atoms with Gasteiger partial charge in [0.25, 0.3) is 11.7 Å². The summed E-state index contributed by atoms with van der Waals surface area (Å²) in [6.07, 6.45) is 0. The first-order valence-electron chi connectivity index (χ1n) is 11.5. The van der Waals surface area contributed by atoms with Gasteiger partial charge in [-0.2, -0.15) is 0 Å². The summed E-state index contributed by atoms with van der Waals surface area (Å²) in [7, 11) is 1.49. The molecule has 1 saturated heterocycles. The van der Waals surface area contributed by atoms with Crippen LogP contribution in [0.3, 0.4) is 0 Å². The zero-order valence-corrected chi connectivity index (χ0v) is 22.2. The first-order valence-corrected chi connectivity index (χ1v) is 12.2. The van der Waals surface area contributed by atoms with E-state index in [-0.39, 0.29) is 21.8 Å². The molecule has 3 aromatic rings. The van der Waals surface area contributed by atoms with Crippen molar-refractivity contribution in [3.05, 3.63) is 98.5 Å². The molecule has 1 N–H and O–H groups in total. The van der Waals surface area contributed by atoms with Crippen molar-refractivity contribution in [1.82, 2.24) is 0 Å². The maximum atomic E-state index is 13.4. The van der Waals surface area contributed by atoms with Crippen LogP contribution in [0.4, 0.5) is 5.69 Å². The highest BCUT2D eigenvalue weighted by molar-refractivity contribution is 6.52. The van der Waals surface area contributed by atoms with Crippen molar-refractivity contribution in [1.29, 1.82) is 0 Å². The Labute approximate surface area is 220 Å². The third kappa shape index (κ3) is 4.49. The highest BCUT2D eigenvalue weighted by Crippen LogP contribution is 2.44. The summed E-state index contributed by atoms with van der Waals surface area (Å²) in [6.45, 7) is 8.12. The van der Waals surface area contributed by atoms with E-state index < -0.39 is 17.7 Å². The van der Waals surface area contributed by atoms with Crippen LogP contribution in [0.15, 0.2) is 66.2 Å². The van der Waals surface area contributed by atoms with Crippen molar-refractivity contribution in [2.24, 2.45) is 0 Å². The molecular formula is C29H27Cl2NO4. The Kier molecular flexibility index (Phi) is 6.91. The van der Waals surface area contributed by atoms with E-state index in [0.717, 1.165) is 5.56 Å². The second-order valence-electron chi connectivity index (χ2n) is 9.77. The molecule has 0 aromatic heterocycles. The molecule has 0 aliphatic carbocycles. The molecule has 0 saturated carbocycles. The minimum atomic E-state index is -0.864. The van der Waals surface area contributed by atoms with E-state index in [4.69, 9.17) is 27.9 Å². The van der Waals surface area contributed by atoms with Crippen LogP contribution in [-0.2, 0) is 15.0 Å². The number of rotatable bonds is 4. The first kappa shape index (κ1) is 25.8. The van der Waals surface area contributed by atoms with Gasteiger partial charge in [-0.05, 0) is 59.4 Å². The fourth-order valence-corrected chi connectivity index (χ4v) is 4.82. The monoisotopic (exact) mass is 523 g/mol. The summed E-state index contributed by atoms with van der Waals surface area (Å²) < 4.78 is 5.20. The number of carbonyl (C=O) groups excluding carboxylic acids is 2. The number of Topliss-reactive ketones (excluding diaryl/α,β-unsaturated/α-hetero) is 1. The number of benzene rings is 3. The van der Waals surface area contributed by atoms with E-state index in [9.17, 15) is 14.7 Å². The SMILES string of the molecule is COc1ccc(/C(O)=C2\C(=O)C(=O)N(c3cccc(Cl)c3C)C2c2ccc(C(C)(C)C)cc2)cc1Cl. The zero-order chi connectivity index (χ0) is 26.4. The third-order valence-electron chi connectivity index (χ3n) is 6.46. The second kappa shape index (κ2) is 9.64. The van der Waals surface area contributed by atoms with Gasteiger partial charge in [-0.15, -0.1) is 0 Å². The Balaban J connectivity index is 1.96. The molecule has 4 rings (SSSR count). The fourth-order valence-electron chi connectivity index (χ4n) is 4.39. The fraction of sp³-hybridized carbons (Fsp3) is 0.241. The summed E-state index contributed by atoms with van der Waals surface area (Å²) in [6, 6.07) is 16.8. The number of ketones is 1. The van der Waals surface area contributed by atoms with Gasteiger partial charge in [0.05, 0.1) is 23.7 Å². The predicted molar refractivity (Wildman–Crippen MR) is 144 cm³/mol. The highest BCUT2D eigenvalue weighted by atomic mass is 35.5. The van der Waals surface area contributed by atoms with E-state index in [1.54, 1.807) is 37.3 Å². The van der Waals surface area contributed by atoms with Crippen LogP contribution in [0.2, 0.25) is 10.0 Å². The minimum Gasteiger partial charge on any atom is -0.507 e. The number of anilines is 1. The number of halogens is 2. The van der Waals surface area contributed by atoms with Crippen molar-refractivity contribution in [3.8, 4) is 5.75 Å². The van der Waals surface area contributed by atoms with Gasteiger partial charge in [0, 0.05) is 16.3 Å². The van der Waals surface area contributed by atoms with Gasteiger partial charge in [-0.1, -0.05) is 74.3 Å². The molecule has 3 aromatic carbocycles. The van der Waals surface area contributed by atoms with Crippen LogP contribution in [0.1, 0.15) is 49.1 Å². The van der Waals surface area contributed by atoms with Crippen LogP contribution >= 0.6 is 23.2 Å². The molecule has 1 heterocycles. The van der Waals surface area contributed by atoms with Crippen LogP contribution in [0, 0.1) is 6.92 Å². The van der Waals surface area contributed by atoms with Crippen LogP contribution in [-0.4, -0.2) is 23.9 Å². The van der Waals surface area contributed by atoms with Gasteiger partial charge in [0.15, 0.2) is 0 Å². The molecule has 5 nitrogen and oxygen atoms in total. The standard InChI is InChI=1S/C29H27Cl2NO4/c1-16-20(30)7-6-8-22(16)32-25(17-9-12-19(13-10-17)29(2,3)4)24(27(34)28(32)35)26(33)18-11-14-23(36-5)21(31)15-18/h6-15,25,33H,1-5H3/b26-24+. The van der Waals surface area contributed by atoms with Crippen molar-refractivity contribution in [2.45, 2.75) is 39.2 Å². The molecule has 1 unspecified atom stereocenters. The van der Waals surface area contributed by atoms with E-state index in [1.165, 1.54) is 18.1 Å². The van der Waals surface area contributed by atoms with Gasteiger partial charge in [-0.25, -0.2) is 0 Å². The van der Waals surface area contributed by atoms with E-state index >= 15 is 0 Å². The molecule has 1 amide bonds. The molecule has 0 spiro atoms. The largest absolute Gasteiger partial charge is 0.507 e. The van der Waals surface area contributed by atoms with Gasteiger partial charge in [0.1, 0.15) is 11.5 Å². The Morgan fingerprint density at radius 3 is 2.22 bits per heavy atom. The molecule has 7 heteroatoms. The summed E-state index contributed by atoms with van der Waals surface area (Å²) in [5.74, 6) is -1.42. The average Bonchev–Trinajstić information content (AvgIpc) is 3.10. The van der Waals surface area contributed by atoms with Crippen molar-refractivity contribution in [2.75, 3.05) is 12.0 Å². The van der Waals surface area contributed by atoms with E-state index in [2.05, 4.69) is 20.8 Å². The highest BCUT2D eigenvalue weighted by Gasteiger charge is 2.47. The third-order valence-corrected chi connectivity index (χ3v) is 7.17. The van der Waals surface area contributed by atoms with E-state index in [0.29, 0.717) is 33.1 Å². The molecule has 1 aliphatic rings. The van der Waals surface area contributed by atoms with Gasteiger partial charge in [0.2, 0.25) is 0 Å². The number of hydrogen-bond donors (Lipinski definition) is 1. The molecule has 186 valence electrons.